The van der Waals surface area contributed by atoms with E-state index < -0.39 is 5.41 Å². The molecule has 62 heavy (non-hydrogen) atoms. The van der Waals surface area contributed by atoms with E-state index in [1.165, 1.54) is 103 Å². The average Bonchev–Trinajstić information content (AvgIpc) is 3.23. The fraction of sp³-hybridized carbons (Fsp3) is 0.528. The molecule has 0 radical (unpaired) electrons. The van der Waals surface area contributed by atoms with E-state index in [-0.39, 0.29) is 18.1 Å². The van der Waals surface area contributed by atoms with Crippen molar-refractivity contribution in [3.63, 3.8) is 0 Å². The minimum Gasteiger partial charge on any atom is -0.507 e. The lowest BCUT2D eigenvalue weighted by atomic mass is 9.79. The highest BCUT2D eigenvalue weighted by atomic mass is 16.5. The molecule has 0 unspecified atom stereocenters. The standard InChI is InChI=1S/C53H72N6O3/c1-9-10-11-12-13-14-15-16-17-18-19-20-21-22-23-24-31-62-45(60)30-27-41-34-44(51-56-35-54-49(58-51)42-28-25-37(2)32-39(42)4)48(61)47(53(6,7)8)46(41)52-57-36-55-50(59-52)43-29-26-38(3)33-40(43)5/h25-26,28-29,32-36,61H,9-24,27,30-31H2,1-8H3. The number of hydrogen-bond donors (Lipinski definition) is 1. The predicted octanol–water partition coefficient (Wildman–Crippen LogP) is 13.7. The number of aromatic nitrogens is 6. The van der Waals surface area contributed by atoms with Crippen molar-refractivity contribution in [3.8, 4) is 51.3 Å². The molecular weight excluding hydrogens is 769 g/mol. The van der Waals surface area contributed by atoms with Crippen molar-refractivity contribution in [1.82, 2.24) is 29.9 Å². The highest BCUT2D eigenvalue weighted by Crippen LogP contribution is 2.46. The lowest BCUT2D eigenvalue weighted by molar-refractivity contribution is -0.143. The maximum atomic E-state index is 13.3. The largest absolute Gasteiger partial charge is 0.507 e. The van der Waals surface area contributed by atoms with E-state index >= 15 is 0 Å². The molecule has 2 heterocycles. The number of rotatable bonds is 24. The quantitative estimate of drug-likeness (QED) is 0.0477. The van der Waals surface area contributed by atoms with Crippen LogP contribution in [0.15, 0.2) is 55.1 Å². The summed E-state index contributed by atoms with van der Waals surface area (Å²) in [6.07, 6.45) is 24.2. The van der Waals surface area contributed by atoms with Crippen LogP contribution in [0.5, 0.6) is 5.75 Å². The van der Waals surface area contributed by atoms with Gasteiger partial charge >= 0.3 is 5.97 Å². The van der Waals surface area contributed by atoms with Crippen LogP contribution in [0, 0.1) is 27.7 Å². The topological polar surface area (TPSA) is 124 Å². The van der Waals surface area contributed by atoms with E-state index in [0.717, 1.165) is 51.8 Å². The number of carbonyl (C=O) groups excluding carboxylic acids is 1. The molecule has 0 fully saturated rings. The van der Waals surface area contributed by atoms with Crippen molar-refractivity contribution in [3.05, 3.63) is 88.5 Å². The first-order valence-corrected chi connectivity index (χ1v) is 23.5. The molecule has 5 aromatic rings. The van der Waals surface area contributed by atoms with Crippen LogP contribution in [0.3, 0.4) is 0 Å². The van der Waals surface area contributed by atoms with Crippen molar-refractivity contribution in [2.24, 2.45) is 0 Å². The van der Waals surface area contributed by atoms with E-state index in [2.05, 4.69) is 47.9 Å². The number of carbonyl (C=O) groups is 1. The number of phenolic OH excluding ortho intramolecular Hbond substituents is 1. The Bertz CT molecular complexity index is 2210. The zero-order chi connectivity index (χ0) is 44.5. The van der Waals surface area contributed by atoms with Gasteiger partial charge in [0.1, 0.15) is 18.4 Å². The Morgan fingerprint density at radius 2 is 1.02 bits per heavy atom. The van der Waals surface area contributed by atoms with Crippen LogP contribution in [-0.4, -0.2) is 47.6 Å². The summed E-state index contributed by atoms with van der Waals surface area (Å²) in [4.78, 5) is 41.6. The molecule has 0 saturated carbocycles. The van der Waals surface area contributed by atoms with Crippen LogP contribution in [0.1, 0.15) is 170 Å². The second-order valence-corrected chi connectivity index (χ2v) is 18.4. The molecule has 0 saturated heterocycles. The molecule has 0 atom stereocenters. The van der Waals surface area contributed by atoms with Gasteiger partial charge in [-0.25, -0.2) is 29.9 Å². The number of unbranched alkanes of at least 4 members (excludes halogenated alkanes) is 15. The Hall–Kier alpha value is -5.05. The minimum atomic E-state index is -0.575. The van der Waals surface area contributed by atoms with Gasteiger partial charge in [0, 0.05) is 28.7 Å². The molecule has 1 N–H and O–H groups in total. The smallest absolute Gasteiger partial charge is 0.306 e. The summed E-state index contributed by atoms with van der Waals surface area (Å²) >= 11 is 0. The highest BCUT2D eigenvalue weighted by molar-refractivity contribution is 5.81. The lowest BCUT2D eigenvalue weighted by Gasteiger charge is -2.27. The monoisotopic (exact) mass is 841 g/mol. The molecule has 0 aliphatic carbocycles. The molecule has 9 nitrogen and oxygen atoms in total. The second-order valence-electron chi connectivity index (χ2n) is 18.4. The molecule has 0 aliphatic heterocycles. The highest BCUT2D eigenvalue weighted by Gasteiger charge is 2.31. The van der Waals surface area contributed by atoms with Gasteiger partial charge in [-0.15, -0.1) is 0 Å². The van der Waals surface area contributed by atoms with Crippen LogP contribution in [0.4, 0.5) is 0 Å². The van der Waals surface area contributed by atoms with E-state index in [0.29, 0.717) is 53.0 Å². The number of aryl methyl sites for hydroxylation is 5. The first-order valence-electron chi connectivity index (χ1n) is 23.5. The van der Waals surface area contributed by atoms with Gasteiger partial charge in [0.05, 0.1) is 12.2 Å². The van der Waals surface area contributed by atoms with Gasteiger partial charge in [-0.1, -0.05) is 172 Å². The first kappa shape index (κ1) is 48.0. The molecule has 0 amide bonds. The van der Waals surface area contributed by atoms with Crippen molar-refractivity contribution < 1.29 is 14.6 Å². The van der Waals surface area contributed by atoms with Crippen molar-refractivity contribution in [1.29, 1.82) is 0 Å². The van der Waals surface area contributed by atoms with Crippen LogP contribution in [-0.2, 0) is 21.4 Å². The number of esters is 1. The number of nitrogens with zero attached hydrogens (tertiary/aromatic N) is 6. The van der Waals surface area contributed by atoms with Crippen LogP contribution in [0.25, 0.3) is 45.6 Å². The van der Waals surface area contributed by atoms with Crippen LogP contribution in [0.2, 0.25) is 0 Å². The molecule has 9 heteroatoms. The van der Waals surface area contributed by atoms with E-state index in [1.54, 1.807) is 0 Å². The van der Waals surface area contributed by atoms with E-state index in [1.807, 2.05) is 65.0 Å². The number of hydrogen-bond acceptors (Lipinski definition) is 9. The molecule has 3 aromatic carbocycles. The molecule has 0 aliphatic rings. The van der Waals surface area contributed by atoms with Gasteiger partial charge in [0.15, 0.2) is 23.3 Å². The molecule has 332 valence electrons. The first-order chi connectivity index (χ1) is 29.9. The second kappa shape index (κ2) is 24.0. The molecule has 5 rings (SSSR count). The SMILES string of the molecule is CCCCCCCCCCCCCCCCCCOC(=O)CCc1cc(-c2ncnc(-c3ccc(C)cc3C)n2)c(O)c(C(C)(C)C)c1-c1ncnc(-c2ccc(C)cc2C)n1. The van der Waals surface area contributed by atoms with Gasteiger partial charge < -0.3 is 9.84 Å². The predicted molar refractivity (Wildman–Crippen MR) is 253 cm³/mol. The maximum absolute atomic E-state index is 13.3. The Balaban J connectivity index is 1.29. The summed E-state index contributed by atoms with van der Waals surface area (Å²) in [5.41, 5.74) is 8.16. The van der Waals surface area contributed by atoms with Gasteiger partial charge in [-0.2, -0.15) is 0 Å². The Morgan fingerprint density at radius 3 is 1.48 bits per heavy atom. The van der Waals surface area contributed by atoms with Crippen molar-refractivity contribution >= 4 is 5.97 Å². The third kappa shape index (κ3) is 14.0. The van der Waals surface area contributed by atoms with E-state index in [4.69, 9.17) is 19.7 Å². The minimum absolute atomic E-state index is 0.0357. The van der Waals surface area contributed by atoms with Gasteiger partial charge in [-0.05, 0) is 68.7 Å². The Labute approximate surface area is 372 Å². The number of aromatic hydroxyl groups is 1. The number of ether oxygens (including phenoxy) is 1. The van der Waals surface area contributed by atoms with Crippen molar-refractivity contribution in [2.45, 2.75) is 176 Å². The fourth-order valence-electron chi connectivity index (χ4n) is 8.46. The third-order valence-corrected chi connectivity index (χ3v) is 11.8. The summed E-state index contributed by atoms with van der Waals surface area (Å²) in [6.45, 7) is 17.0. The Morgan fingerprint density at radius 1 is 0.581 bits per heavy atom. The molecular formula is C53H72N6O3. The maximum Gasteiger partial charge on any atom is 0.306 e. The Kier molecular flexibility index (Phi) is 18.6. The summed E-state index contributed by atoms with van der Waals surface area (Å²) < 4.78 is 5.79. The summed E-state index contributed by atoms with van der Waals surface area (Å²) in [5, 5.41) is 12.3. The zero-order valence-electron chi connectivity index (χ0n) is 39.1. The van der Waals surface area contributed by atoms with Gasteiger partial charge in [0.25, 0.3) is 0 Å². The van der Waals surface area contributed by atoms with Gasteiger partial charge in [0.2, 0.25) is 0 Å². The number of benzene rings is 3. The van der Waals surface area contributed by atoms with Crippen molar-refractivity contribution in [2.75, 3.05) is 6.61 Å². The lowest BCUT2D eigenvalue weighted by Crippen LogP contribution is -2.17. The number of phenols is 1. The molecule has 0 bridgehead atoms. The van der Waals surface area contributed by atoms with Gasteiger partial charge in [-0.3, -0.25) is 4.79 Å². The third-order valence-electron chi connectivity index (χ3n) is 11.8. The normalized spacial score (nSPS) is 11.6. The average molecular weight is 841 g/mol. The molecule has 0 spiro atoms. The summed E-state index contributed by atoms with van der Waals surface area (Å²) in [5.74, 6) is 1.59. The van der Waals surface area contributed by atoms with Crippen LogP contribution < -0.4 is 0 Å². The fourth-order valence-corrected chi connectivity index (χ4v) is 8.46. The van der Waals surface area contributed by atoms with E-state index in [9.17, 15) is 9.90 Å². The van der Waals surface area contributed by atoms with Crippen LogP contribution >= 0.6 is 0 Å². The zero-order valence-corrected chi connectivity index (χ0v) is 39.1. The summed E-state index contributed by atoms with van der Waals surface area (Å²) in [6, 6.07) is 14.2. The summed E-state index contributed by atoms with van der Waals surface area (Å²) in [7, 11) is 0. The molecule has 2 aromatic heterocycles.